The molecule has 0 unspecified atom stereocenters. The van der Waals surface area contributed by atoms with Crippen molar-refractivity contribution in [1.29, 1.82) is 0 Å². The van der Waals surface area contributed by atoms with Crippen LogP contribution < -0.4 is 10.9 Å². The largest absolute Gasteiger partial charge is 0.381 e. The highest BCUT2D eigenvalue weighted by atomic mass is 32.2. The molecule has 1 saturated heterocycles. The maximum atomic E-state index is 12.9. The van der Waals surface area contributed by atoms with Gasteiger partial charge in [-0.1, -0.05) is 0 Å². The molecule has 2 aromatic rings. The molecule has 32 heavy (non-hydrogen) atoms. The molecule has 1 spiro atoms. The van der Waals surface area contributed by atoms with E-state index in [1.807, 2.05) is 29.8 Å². The van der Waals surface area contributed by atoms with Crippen LogP contribution in [0.2, 0.25) is 0 Å². The average molecular weight is 514 g/mol. The van der Waals surface area contributed by atoms with Gasteiger partial charge in [0.25, 0.3) is 5.91 Å². The second kappa shape index (κ2) is 9.65. The van der Waals surface area contributed by atoms with E-state index >= 15 is 0 Å². The van der Waals surface area contributed by atoms with Crippen molar-refractivity contribution in [2.45, 2.75) is 47.4 Å². The first-order chi connectivity index (χ1) is 15.3. The van der Waals surface area contributed by atoms with Gasteiger partial charge in [0.2, 0.25) is 11.7 Å². The van der Waals surface area contributed by atoms with Crippen LogP contribution in [0.5, 0.6) is 0 Å². The van der Waals surface area contributed by atoms with E-state index in [2.05, 4.69) is 15.8 Å². The van der Waals surface area contributed by atoms with Gasteiger partial charge in [0.15, 0.2) is 0 Å². The molecule has 2 aliphatic rings. The summed E-state index contributed by atoms with van der Waals surface area (Å²) in [5.74, 6) is 1.80. The van der Waals surface area contributed by atoms with Gasteiger partial charge in [-0.15, -0.1) is 46.6 Å². The van der Waals surface area contributed by atoms with Gasteiger partial charge in [-0.05, 0) is 41.0 Å². The number of carbonyl (C=O) groups is 2. The highest BCUT2D eigenvalue weighted by molar-refractivity contribution is 8.20. The standard InChI is InChI=1S/C19H23N5O4S4/c1-11-20-13(24(27)28)10-23(11)7-5-14(25)21-22-17(26)16-12-4-3-6-19(30-8-9-31-19)15(12)18(29-2)32-16/h10H,3-9H2,1-2H3,(H,21,25)(H,22,26). The Morgan fingerprint density at radius 3 is 2.75 bits per heavy atom. The first-order valence-corrected chi connectivity index (χ1v) is 14.1. The zero-order valence-electron chi connectivity index (χ0n) is 17.6. The Balaban J connectivity index is 1.40. The molecular weight excluding hydrogens is 491 g/mol. The first kappa shape index (κ1) is 23.5. The van der Waals surface area contributed by atoms with Gasteiger partial charge < -0.3 is 14.7 Å². The quantitative estimate of drug-likeness (QED) is 0.341. The number of thioether (sulfide) groups is 3. The molecule has 1 aliphatic heterocycles. The third-order valence-electron chi connectivity index (χ3n) is 5.48. The smallest absolute Gasteiger partial charge is 0.358 e. The van der Waals surface area contributed by atoms with E-state index in [1.54, 1.807) is 23.3 Å². The summed E-state index contributed by atoms with van der Waals surface area (Å²) in [5.41, 5.74) is 7.48. The number of fused-ring (bicyclic) bond motifs is 2. The van der Waals surface area contributed by atoms with Crippen molar-refractivity contribution in [3.05, 3.63) is 38.1 Å². The van der Waals surface area contributed by atoms with Crippen LogP contribution in [0, 0.1) is 17.0 Å². The molecule has 172 valence electrons. The minimum Gasteiger partial charge on any atom is -0.358 e. The Morgan fingerprint density at radius 2 is 2.09 bits per heavy atom. The van der Waals surface area contributed by atoms with Crippen LogP contribution in [-0.4, -0.2) is 44.1 Å². The normalized spacial score (nSPS) is 16.7. The van der Waals surface area contributed by atoms with E-state index in [0.29, 0.717) is 10.7 Å². The Labute approximate surface area is 202 Å². The zero-order valence-corrected chi connectivity index (χ0v) is 20.9. The lowest BCUT2D eigenvalue weighted by molar-refractivity contribution is -0.389. The van der Waals surface area contributed by atoms with Gasteiger partial charge in [0.1, 0.15) is 6.20 Å². The van der Waals surface area contributed by atoms with Crippen molar-refractivity contribution in [1.82, 2.24) is 20.4 Å². The number of nitrogens with one attached hydrogen (secondary N) is 2. The van der Waals surface area contributed by atoms with E-state index < -0.39 is 4.92 Å². The second-order valence-electron chi connectivity index (χ2n) is 7.43. The maximum absolute atomic E-state index is 12.9. The minimum atomic E-state index is -0.568. The van der Waals surface area contributed by atoms with E-state index in [1.165, 1.54) is 27.3 Å². The molecule has 13 heteroatoms. The molecule has 2 N–H and O–H groups in total. The van der Waals surface area contributed by atoms with Crippen LogP contribution in [-0.2, 0) is 21.8 Å². The molecule has 0 bridgehead atoms. The number of amides is 2. The highest BCUT2D eigenvalue weighted by Gasteiger charge is 2.45. The van der Waals surface area contributed by atoms with Gasteiger partial charge in [-0.3, -0.25) is 20.4 Å². The van der Waals surface area contributed by atoms with Crippen LogP contribution in [0.1, 0.15) is 45.9 Å². The average Bonchev–Trinajstić information content (AvgIpc) is 3.48. The summed E-state index contributed by atoms with van der Waals surface area (Å²) in [6.45, 7) is 1.87. The molecule has 0 radical (unpaired) electrons. The molecule has 2 amide bonds. The fourth-order valence-electron chi connectivity index (χ4n) is 4.03. The fraction of sp³-hybridized carbons (Fsp3) is 0.526. The number of nitro groups is 1. The topological polar surface area (TPSA) is 119 Å². The van der Waals surface area contributed by atoms with Crippen LogP contribution in [0.3, 0.4) is 0 Å². The van der Waals surface area contributed by atoms with Crippen LogP contribution in [0.4, 0.5) is 5.82 Å². The predicted molar refractivity (Wildman–Crippen MR) is 129 cm³/mol. The Morgan fingerprint density at radius 1 is 1.34 bits per heavy atom. The lowest BCUT2D eigenvalue weighted by Crippen LogP contribution is -2.42. The number of aryl methyl sites for hydroxylation is 2. The summed E-state index contributed by atoms with van der Waals surface area (Å²) < 4.78 is 2.81. The summed E-state index contributed by atoms with van der Waals surface area (Å²) in [5, 5.41) is 10.8. The van der Waals surface area contributed by atoms with Crippen molar-refractivity contribution >= 4 is 64.3 Å². The molecule has 0 aromatic carbocycles. The Bertz CT molecular complexity index is 1060. The van der Waals surface area contributed by atoms with E-state index in [0.717, 1.165) is 36.3 Å². The van der Waals surface area contributed by atoms with Crippen molar-refractivity contribution in [2.24, 2.45) is 0 Å². The highest BCUT2D eigenvalue weighted by Crippen LogP contribution is 2.61. The molecule has 0 saturated carbocycles. The van der Waals surface area contributed by atoms with Crippen molar-refractivity contribution in [3.63, 3.8) is 0 Å². The molecule has 0 atom stereocenters. The molecular formula is C19H23N5O4S4. The zero-order chi connectivity index (χ0) is 22.9. The lowest BCUT2D eigenvalue weighted by atomic mass is 9.92. The van der Waals surface area contributed by atoms with Crippen LogP contribution >= 0.6 is 46.6 Å². The van der Waals surface area contributed by atoms with Gasteiger partial charge in [-0.2, -0.15) is 0 Å². The summed E-state index contributed by atoms with van der Waals surface area (Å²) in [6, 6.07) is 0. The van der Waals surface area contributed by atoms with E-state index in [9.17, 15) is 19.7 Å². The molecule has 4 rings (SSSR count). The van der Waals surface area contributed by atoms with E-state index in [4.69, 9.17) is 0 Å². The third-order valence-corrected chi connectivity index (χ3v) is 11.4. The Kier molecular flexibility index (Phi) is 7.08. The van der Waals surface area contributed by atoms with Gasteiger partial charge in [0, 0.05) is 37.0 Å². The number of aromatic nitrogens is 2. The number of imidazole rings is 1. The Hall–Kier alpha value is -1.70. The fourth-order valence-corrected chi connectivity index (χ4v) is 9.91. The number of carbonyl (C=O) groups excluding carboxylic acids is 2. The first-order valence-electron chi connectivity index (χ1n) is 10.1. The monoisotopic (exact) mass is 513 g/mol. The minimum absolute atomic E-state index is 0.0592. The summed E-state index contributed by atoms with van der Waals surface area (Å²) >= 11 is 7.19. The molecule has 3 heterocycles. The number of hydrazine groups is 1. The van der Waals surface area contributed by atoms with Crippen molar-refractivity contribution in [2.75, 3.05) is 17.8 Å². The third kappa shape index (κ3) is 4.52. The molecule has 9 nitrogen and oxygen atoms in total. The number of hydrogen-bond donors (Lipinski definition) is 2. The van der Waals surface area contributed by atoms with Crippen LogP contribution in [0.25, 0.3) is 0 Å². The molecule has 2 aromatic heterocycles. The number of hydrogen-bond acceptors (Lipinski definition) is 9. The molecule has 1 fully saturated rings. The molecule has 1 aliphatic carbocycles. The lowest BCUT2D eigenvalue weighted by Gasteiger charge is -2.33. The summed E-state index contributed by atoms with van der Waals surface area (Å²) in [4.78, 5) is 40.0. The van der Waals surface area contributed by atoms with Gasteiger partial charge in [0.05, 0.1) is 13.2 Å². The van der Waals surface area contributed by atoms with Crippen LogP contribution in [0.15, 0.2) is 10.4 Å². The van der Waals surface area contributed by atoms with E-state index in [-0.39, 0.29) is 34.7 Å². The number of thiophene rings is 1. The van der Waals surface area contributed by atoms with Crippen molar-refractivity contribution < 1.29 is 14.5 Å². The second-order valence-corrected chi connectivity index (χ2v) is 12.6. The van der Waals surface area contributed by atoms with Gasteiger partial charge >= 0.3 is 5.82 Å². The summed E-state index contributed by atoms with van der Waals surface area (Å²) in [6.07, 6.45) is 6.47. The number of rotatable bonds is 6. The number of nitrogens with zero attached hydrogens (tertiary/aromatic N) is 3. The summed E-state index contributed by atoms with van der Waals surface area (Å²) in [7, 11) is 0. The van der Waals surface area contributed by atoms with Crippen molar-refractivity contribution in [3.8, 4) is 0 Å². The van der Waals surface area contributed by atoms with Gasteiger partial charge in [-0.25, -0.2) is 0 Å². The maximum Gasteiger partial charge on any atom is 0.381 e. The predicted octanol–water partition coefficient (Wildman–Crippen LogP) is 3.70. The SMILES string of the molecule is CSc1sc(C(=O)NNC(=O)CCn2cc([N+](=O)[O-])nc2C)c2c1C1(CCC2)SCCS1.